The molecule has 0 atom stereocenters. The number of hydrogen-bond acceptors (Lipinski definition) is 4. The summed E-state index contributed by atoms with van der Waals surface area (Å²) >= 11 is 6.00. The third kappa shape index (κ3) is 3.68. The summed E-state index contributed by atoms with van der Waals surface area (Å²) in [5.74, 6) is -0.00464. The van der Waals surface area contributed by atoms with Gasteiger partial charge >= 0.3 is 0 Å². The van der Waals surface area contributed by atoms with Crippen molar-refractivity contribution in [3.63, 3.8) is 0 Å². The first-order valence-corrected chi connectivity index (χ1v) is 5.31. The van der Waals surface area contributed by atoms with Crippen LogP contribution in [0.25, 0.3) is 6.08 Å². The molecule has 0 aromatic heterocycles. The van der Waals surface area contributed by atoms with Crippen LogP contribution in [0.1, 0.15) is 5.56 Å². The number of rotatable bonds is 5. The fourth-order valence-corrected chi connectivity index (χ4v) is 1.53. The minimum Gasteiger partial charge on any atom is -0.493 e. The maximum absolute atomic E-state index is 10.7. The number of nitrogens with two attached hydrogens (primary N) is 1. The van der Waals surface area contributed by atoms with Crippen molar-refractivity contribution in [2.45, 2.75) is 0 Å². The van der Waals surface area contributed by atoms with Crippen LogP contribution in [0, 0.1) is 11.3 Å². The minimum atomic E-state index is -0.610. The van der Waals surface area contributed by atoms with Crippen LogP contribution in [-0.2, 0) is 4.79 Å². The van der Waals surface area contributed by atoms with Crippen molar-refractivity contribution in [2.75, 3.05) is 13.7 Å². The summed E-state index contributed by atoms with van der Waals surface area (Å²) in [6.07, 6.45) is 2.89. The first kappa shape index (κ1) is 13.9. The van der Waals surface area contributed by atoms with Gasteiger partial charge in [-0.2, -0.15) is 5.26 Å². The van der Waals surface area contributed by atoms with E-state index in [1.807, 2.05) is 6.07 Å². The van der Waals surface area contributed by atoms with E-state index < -0.39 is 5.91 Å². The van der Waals surface area contributed by atoms with Crippen LogP contribution in [0.5, 0.6) is 11.5 Å². The number of carbonyl (C=O) groups excluding carboxylic acids is 1. The highest BCUT2D eigenvalue weighted by atomic mass is 35.5. The zero-order valence-electron chi connectivity index (χ0n) is 9.64. The van der Waals surface area contributed by atoms with Crippen LogP contribution >= 0.6 is 11.6 Å². The molecule has 0 saturated heterocycles. The Morgan fingerprint density at radius 1 is 1.61 bits per heavy atom. The van der Waals surface area contributed by atoms with E-state index in [-0.39, 0.29) is 17.4 Å². The molecule has 0 spiro atoms. The molecule has 0 aliphatic rings. The van der Waals surface area contributed by atoms with E-state index in [1.54, 1.807) is 18.2 Å². The number of nitriles is 1. The highest BCUT2D eigenvalue weighted by Gasteiger charge is 2.12. The van der Waals surface area contributed by atoms with Gasteiger partial charge < -0.3 is 15.2 Å². The maximum atomic E-state index is 10.7. The van der Waals surface area contributed by atoms with Gasteiger partial charge in [-0.1, -0.05) is 11.6 Å². The Balaban J connectivity index is 3.08. The van der Waals surface area contributed by atoms with E-state index in [1.165, 1.54) is 13.2 Å². The lowest BCUT2D eigenvalue weighted by Gasteiger charge is -2.12. The largest absolute Gasteiger partial charge is 0.493 e. The van der Waals surface area contributed by atoms with Crippen molar-refractivity contribution in [1.29, 1.82) is 5.26 Å². The van der Waals surface area contributed by atoms with Crippen molar-refractivity contribution >= 4 is 23.6 Å². The zero-order chi connectivity index (χ0) is 13.5. The number of primary amides is 1. The smallest absolute Gasteiger partial charge is 0.255 e. The van der Waals surface area contributed by atoms with Gasteiger partial charge in [0.25, 0.3) is 5.91 Å². The number of amides is 1. The van der Waals surface area contributed by atoms with Crippen molar-refractivity contribution < 1.29 is 14.3 Å². The molecule has 0 fully saturated rings. The molecular weight excluding hydrogens is 256 g/mol. The van der Waals surface area contributed by atoms with Crippen molar-refractivity contribution in [1.82, 2.24) is 0 Å². The van der Waals surface area contributed by atoms with Gasteiger partial charge in [-0.15, -0.1) is 0 Å². The Kier molecular flexibility index (Phi) is 5.03. The van der Waals surface area contributed by atoms with E-state index in [9.17, 15) is 4.79 Å². The molecule has 0 radical (unpaired) electrons. The second-order valence-corrected chi connectivity index (χ2v) is 3.66. The molecule has 0 unspecified atom stereocenters. The maximum Gasteiger partial charge on any atom is 0.255 e. The topological polar surface area (TPSA) is 85.3 Å². The Labute approximate surface area is 109 Å². The SMILES string of the molecule is COc1cc(C=CC#N)cc(Cl)c1OCC(N)=O. The zero-order valence-corrected chi connectivity index (χ0v) is 10.4. The summed E-state index contributed by atoms with van der Waals surface area (Å²) in [5.41, 5.74) is 5.67. The van der Waals surface area contributed by atoms with Gasteiger partial charge in [0.1, 0.15) is 0 Å². The van der Waals surface area contributed by atoms with Gasteiger partial charge in [-0.25, -0.2) is 0 Å². The van der Waals surface area contributed by atoms with Crippen LogP contribution < -0.4 is 15.2 Å². The van der Waals surface area contributed by atoms with Gasteiger partial charge in [0.15, 0.2) is 18.1 Å². The van der Waals surface area contributed by atoms with Gasteiger partial charge in [0, 0.05) is 6.08 Å². The average Bonchev–Trinajstić information content (AvgIpc) is 2.34. The summed E-state index contributed by atoms with van der Waals surface area (Å²) in [5, 5.41) is 8.72. The standard InChI is InChI=1S/C12H11ClN2O3/c1-17-10-6-8(3-2-4-14)5-9(13)12(10)18-7-11(15)16/h2-3,5-6H,7H2,1H3,(H2,15,16). The number of benzene rings is 1. The molecule has 2 N–H and O–H groups in total. The first-order valence-electron chi connectivity index (χ1n) is 4.93. The Morgan fingerprint density at radius 2 is 2.33 bits per heavy atom. The number of hydrogen-bond donors (Lipinski definition) is 1. The summed E-state index contributed by atoms with van der Waals surface area (Å²) in [6.45, 7) is -0.288. The second kappa shape index (κ2) is 6.52. The Morgan fingerprint density at radius 3 is 2.89 bits per heavy atom. The average molecular weight is 267 g/mol. The summed E-state index contributed by atoms with van der Waals surface area (Å²) < 4.78 is 10.3. The third-order valence-corrected chi connectivity index (χ3v) is 2.24. The molecule has 1 aromatic rings. The monoisotopic (exact) mass is 266 g/mol. The Hall–Kier alpha value is -2.19. The van der Waals surface area contributed by atoms with Crippen LogP contribution in [0.4, 0.5) is 0 Å². The predicted molar refractivity (Wildman–Crippen MR) is 67.3 cm³/mol. The number of ether oxygens (including phenoxy) is 2. The van der Waals surface area contributed by atoms with Crippen LogP contribution in [0.2, 0.25) is 5.02 Å². The normalized spacial score (nSPS) is 10.1. The molecule has 5 nitrogen and oxygen atoms in total. The molecule has 18 heavy (non-hydrogen) atoms. The van der Waals surface area contributed by atoms with Crippen LogP contribution in [0.15, 0.2) is 18.2 Å². The van der Waals surface area contributed by atoms with E-state index in [0.29, 0.717) is 11.3 Å². The lowest BCUT2D eigenvalue weighted by atomic mass is 10.2. The summed E-state index contributed by atoms with van der Waals surface area (Å²) in [6, 6.07) is 5.10. The van der Waals surface area contributed by atoms with Crippen LogP contribution in [0.3, 0.4) is 0 Å². The summed E-state index contributed by atoms with van der Waals surface area (Å²) in [4.78, 5) is 10.7. The fraction of sp³-hybridized carbons (Fsp3) is 0.167. The highest BCUT2D eigenvalue weighted by Crippen LogP contribution is 2.36. The van der Waals surface area contributed by atoms with Gasteiger partial charge in [-0.3, -0.25) is 4.79 Å². The first-order chi connectivity index (χ1) is 8.58. The van der Waals surface area contributed by atoms with E-state index >= 15 is 0 Å². The molecule has 94 valence electrons. The number of halogens is 1. The molecule has 1 aromatic carbocycles. The summed E-state index contributed by atoms with van der Waals surface area (Å²) in [7, 11) is 1.45. The lowest BCUT2D eigenvalue weighted by molar-refractivity contribution is -0.119. The quantitative estimate of drug-likeness (QED) is 0.823. The lowest BCUT2D eigenvalue weighted by Crippen LogP contribution is -2.20. The molecule has 6 heteroatoms. The number of nitrogens with zero attached hydrogens (tertiary/aromatic N) is 1. The second-order valence-electron chi connectivity index (χ2n) is 3.25. The Bertz CT molecular complexity index is 521. The number of methoxy groups -OCH3 is 1. The highest BCUT2D eigenvalue weighted by molar-refractivity contribution is 6.32. The van der Waals surface area contributed by atoms with Gasteiger partial charge in [-0.05, 0) is 23.8 Å². The molecule has 0 heterocycles. The van der Waals surface area contributed by atoms with E-state index in [4.69, 9.17) is 32.1 Å². The van der Waals surface area contributed by atoms with Crippen molar-refractivity contribution in [2.24, 2.45) is 5.73 Å². The minimum absolute atomic E-state index is 0.243. The van der Waals surface area contributed by atoms with Crippen LogP contribution in [-0.4, -0.2) is 19.6 Å². The third-order valence-electron chi connectivity index (χ3n) is 1.96. The molecule has 1 rings (SSSR count). The van der Waals surface area contributed by atoms with Crippen molar-refractivity contribution in [3.8, 4) is 17.6 Å². The van der Waals surface area contributed by atoms with Gasteiger partial charge in [0.05, 0.1) is 18.2 Å². The number of allylic oxidation sites excluding steroid dienone is 1. The molecule has 0 aliphatic carbocycles. The molecule has 0 bridgehead atoms. The number of carbonyl (C=O) groups is 1. The van der Waals surface area contributed by atoms with Crippen molar-refractivity contribution in [3.05, 3.63) is 28.8 Å². The molecule has 0 aliphatic heterocycles. The molecular formula is C12H11ClN2O3. The van der Waals surface area contributed by atoms with Gasteiger partial charge in [0.2, 0.25) is 0 Å². The fourth-order valence-electron chi connectivity index (χ4n) is 1.25. The molecule has 1 amide bonds. The predicted octanol–water partition coefficient (Wildman–Crippen LogP) is 1.75. The molecule has 0 saturated carbocycles. The van der Waals surface area contributed by atoms with E-state index in [2.05, 4.69) is 0 Å². The van der Waals surface area contributed by atoms with E-state index in [0.717, 1.165) is 0 Å².